The smallest absolute Gasteiger partial charge is 0.295 e. The van der Waals surface area contributed by atoms with Crippen molar-refractivity contribution in [1.29, 1.82) is 0 Å². The summed E-state index contributed by atoms with van der Waals surface area (Å²) in [6.45, 7) is 2.69. The maximum absolute atomic E-state index is 12.8. The number of ether oxygens (including phenoxy) is 1. The highest BCUT2D eigenvalue weighted by Gasteiger charge is 2.47. The van der Waals surface area contributed by atoms with Gasteiger partial charge in [-0.15, -0.1) is 0 Å². The molecular weight excluding hydrogens is 360 g/mol. The number of carbonyl (C=O) groups excluding carboxylic acids is 2. The number of carbonyl (C=O) groups is 2. The maximum atomic E-state index is 12.8. The van der Waals surface area contributed by atoms with Crippen molar-refractivity contribution in [2.45, 2.75) is 13.0 Å². The van der Waals surface area contributed by atoms with Crippen LogP contribution in [-0.4, -0.2) is 60.9 Å². The summed E-state index contributed by atoms with van der Waals surface area (Å²) in [6, 6.07) is 9.45. The van der Waals surface area contributed by atoms with Crippen LogP contribution in [0.25, 0.3) is 5.76 Å². The second-order valence-corrected chi connectivity index (χ2v) is 6.98. The molecule has 1 saturated heterocycles. The van der Waals surface area contributed by atoms with E-state index in [4.69, 9.17) is 9.15 Å². The van der Waals surface area contributed by atoms with E-state index in [0.717, 1.165) is 0 Å². The fourth-order valence-corrected chi connectivity index (χ4v) is 3.24. The first-order chi connectivity index (χ1) is 13.3. The van der Waals surface area contributed by atoms with Crippen molar-refractivity contribution in [1.82, 2.24) is 9.80 Å². The van der Waals surface area contributed by atoms with Gasteiger partial charge in [-0.1, -0.05) is 12.1 Å². The minimum Gasteiger partial charge on any atom is -0.507 e. The van der Waals surface area contributed by atoms with E-state index in [1.807, 2.05) is 19.0 Å². The molecule has 1 aromatic carbocycles. The molecule has 2 aromatic rings. The van der Waals surface area contributed by atoms with E-state index in [9.17, 15) is 14.7 Å². The van der Waals surface area contributed by atoms with Crippen molar-refractivity contribution in [3.8, 4) is 5.75 Å². The van der Waals surface area contributed by atoms with E-state index in [1.165, 1.54) is 12.0 Å². The Morgan fingerprint density at radius 3 is 2.61 bits per heavy atom. The highest BCUT2D eigenvalue weighted by atomic mass is 16.5. The second-order valence-electron chi connectivity index (χ2n) is 6.98. The number of amides is 1. The molecule has 1 aromatic heterocycles. The zero-order chi connectivity index (χ0) is 20.4. The van der Waals surface area contributed by atoms with Crippen molar-refractivity contribution < 1.29 is 23.8 Å². The van der Waals surface area contributed by atoms with Gasteiger partial charge in [0.25, 0.3) is 11.7 Å². The number of methoxy groups -OCH3 is 1. The second kappa shape index (κ2) is 7.90. The molecule has 148 valence electrons. The number of benzene rings is 1. The topological polar surface area (TPSA) is 83.2 Å². The van der Waals surface area contributed by atoms with Gasteiger partial charge in [0.2, 0.25) is 0 Å². The SMILES string of the molecule is COc1cccc(/C(O)=C2\C(=O)C(=O)N(CCN(C)C)C2c2ccc(C)o2)c1. The Hall–Kier alpha value is -3.06. The molecule has 1 aliphatic rings. The molecule has 2 heterocycles. The summed E-state index contributed by atoms with van der Waals surface area (Å²) in [5.74, 6) is 0.0258. The number of aliphatic hydroxyl groups excluding tert-OH is 1. The van der Waals surface area contributed by atoms with Crippen LogP contribution in [0.2, 0.25) is 0 Å². The van der Waals surface area contributed by atoms with Gasteiger partial charge in [0, 0.05) is 18.7 Å². The van der Waals surface area contributed by atoms with Crippen molar-refractivity contribution in [2.75, 3.05) is 34.3 Å². The van der Waals surface area contributed by atoms with Crippen LogP contribution in [0.3, 0.4) is 0 Å². The number of furan rings is 1. The van der Waals surface area contributed by atoms with Gasteiger partial charge in [-0.2, -0.15) is 0 Å². The molecule has 0 bridgehead atoms. The van der Waals surface area contributed by atoms with E-state index in [1.54, 1.807) is 43.3 Å². The number of nitrogens with zero attached hydrogens (tertiary/aromatic N) is 2. The molecule has 1 fully saturated rings. The molecule has 1 atom stereocenters. The number of likely N-dealkylation sites (tertiary alicyclic amines) is 1. The third-order valence-corrected chi connectivity index (χ3v) is 4.70. The van der Waals surface area contributed by atoms with Gasteiger partial charge in [0.15, 0.2) is 0 Å². The van der Waals surface area contributed by atoms with Crippen LogP contribution in [-0.2, 0) is 9.59 Å². The van der Waals surface area contributed by atoms with Gasteiger partial charge < -0.3 is 24.1 Å². The summed E-state index contributed by atoms with van der Waals surface area (Å²) in [5, 5.41) is 10.9. The van der Waals surface area contributed by atoms with E-state index in [0.29, 0.717) is 35.9 Å². The average Bonchev–Trinajstić information content (AvgIpc) is 3.21. The van der Waals surface area contributed by atoms with Gasteiger partial charge in [-0.3, -0.25) is 9.59 Å². The molecule has 28 heavy (non-hydrogen) atoms. The lowest BCUT2D eigenvalue weighted by Gasteiger charge is -2.24. The number of Topliss-reactive ketones (excluding diaryl/α,β-unsaturated/α-hetero) is 1. The van der Waals surface area contributed by atoms with Crippen molar-refractivity contribution >= 4 is 17.4 Å². The largest absolute Gasteiger partial charge is 0.507 e. The van der Waals surface area contributed by atoms with E-state index < -0.39 is 17.7 Å². The number of hydrogen-bond donors (Lipinski definition) is 1. The molecule has 3 rings (SSSR count). The number of aliphatic hydroxyl groups is 1. The predicted molar refractivity (Wildman–Crippen MR) is 104 cm³/mol. The van der Waals surface area contributed by atoms with Gasteiger partial charge in [0.05, 0.1) is 12.7 Å². The van der Waals surface area contributed by atoms with Crippen molar-refractivity contribution in [3.63, 3.8) is 0 Å². The summed E-state index contributed by atoms with van der Waals surface area (Å²) >= 11 is 0. The highest BCUT2D eigenvalue weighted by Crippen LogP contribution is 2.40. The Morgan fingerprint density at radius 2 is 2.00 bits per heavy atom. The molecule has 7 nitrogen and oxygen atoms in total. The summed E-state index contributed by atoms with van der Waals surface area (Å²) in [6.07, 6.45) is 0. The van der Waals surface area contributed by atoms with Crippen LogP contribution in [0, 0.1) is 6.92 Å². The summed E-state index contributed by atoms with van der Waals surface area (Å²) < 4.78 is 10.9. The Bertz CT molecular complexity index is 928. The summed E-state index contributed by atoms with van der Waals surface area (Å²) in [4.78, 5) is 28.9. The molecule has 1 unspecified atom stereocenters. The molecule has 7 heteroatoms. The Kier molecular flexibility index (Phi) is 5.56. The van der Waals surface area contributed by atoms with Crippen LogP contribution in [0.1, 0.15) is 23.1 Å². The van der Waals surface area contributed by atoms with Gasteiger partial charge in [-0.25, -0.2) is 0 Å². The number of rotatable bonds is 6. The lowest BCUT2D eigenvalue weighted by atomic mass is 9.99. The number of hydrogen-bond acceptors (Lipinski definition) is 6. The standard InChI is InChI=1S/C21H24N2O5/c1-13-8-9-16(28-13)18-17(19(24)14-6-5-7-15(12-14)27-4)20(25)21(26)23(18)11-10-22(2)3/h5-9,12,18,24H,10-11H2,1-4H3/b19-17+. The van der Waals surface area contributed by atoms with Crippen molar-refractivity contribution in [3.05, 3.63) is 59.1 Å². The average molecular weight is 384 g/mol. The minimum atomic E-state index is -0.778. The zero-order valence-corrected chi connectivity index (χ0v) is 16.4. The molecular formula is C21H24N2O5. The fourth-order valence-electron chi connectivity index (χ4n) is 3.24. The Balaban J connectivity index is 2.13. The van der Waals surface area contributed by atoms with Crippen LogP contribution in [0.5, 0.6) is 5.75 Å². The molecule has 1 amide bonds. The quantitative estimate of drug-likeness (QED) is 0.468. The summed E-state index contributed by atoms with van der Waals surface area (Å²) in [7, 11) is 5.29. The monoisotopic (exact) mass is 384 g/mol. The number of ketones is 1. The predicted octanol–water partition coefficient (Wildman–Crippen LogP) is 2.58. The minimum absolute atomic E-state index is 0.0198. The lowest BCUT2D eigenvalue weighted by Crippen LogP contribution is -2.35. The van der Waals surface area contributed by atoms with Gasteiger partial charge >= 0.3 is 0 Å². The Labute approximate surface area is 163 Å². The van der Waals surface area contributed by atoms with E-state index in [2.05, 4.69) is 0 Å². The van der Waals surface area contributed by atoms with Crippen LogP contribution in [0.4, 0.5) is 0 Å². The van der Waals surface area contributed by atoms with Crippen molar-refractivity contribution in [2.24, 2.45) is 0 Å². The molecule has 1 aliphatic heterocycles. The highest BCUT2D eigenvalue weighted by molar-refractivity contribution is 6.46. The first-order valence-corrected chi connectivity index (χ1v) is 8.97. The van der Waals surface area contributed by atoms with E-state index in [-0.39, 0.29) is 11.3 Å². The molecule has 0 saturated carbocycles. The van der Waals surface area contributed by atoms with Crippen LogP contribution >= 0.6 is 0 Å². The van der Waals surface area contributed by atoms with Crippen LogP contribution < -0.4 is 4.74 Å². The molecule has 0 radical (unpaired) electrons. The lowest BCUT2D eigenvalue weighted by molar-refractivity contribution is -0.140. The number of aryl methyl sites for hydroxylation is 1. The third kappa shape index (κ3) is 3.66. The Morgan fingerprint density at radius 1 is 1.25 bits per heavy atom. The fraction of sp³-hybridized carbons (Fsp3) is 0.333. The first-order valence-electron chi connectivity index (χ1n) is 8.97. The van der Waals surface area contributed by atoms with Gasteiger partial charge in [-0.05, 0) is 45.3 Å². The molecule has 1 N–H and O–H groups in total. The van der Waals surface area contributed by atoms with Crippen LogP contribution in [0.15, 0.2) is 46.4 Å². The summed E-state index contributed by atoms with van der Waals surface area (Å²) in [5.41, 5.74) is 0.421. The first kappa shape index (κ1) is 19.7. The zero-order valence-electron chi connectivity index (χ0n) is 16.4. The molecule has 0 aliphatic carbocycles. The normalized spacial score (nSPS) is 18.9. The molecule has 0 spiro atoms. The van der Waals surface area contributed by atoms with E-state index >= 15 is 0 Å². The third-order valence-electron chi connectivity index (χ3n) is 4.70. The maximum Gasteiger partial charge on any atom is 0.295 e. The van der Waals surface area contributed by atoms with Gasteiger partial charge in [0.1, 0.15) is 29.1 Å². The number of likely N-dealkylation sites (N-methyl/N-ethyl adjacent to an activating group) is 1.